The maximum absolute atomic E-state index is 12.7. The molecule has 9 heteroatoms. The summed E-state index contributed by atoms with van der Waals surface area (Å²) in [6, 6.07) is 7.35. The first kappa shape index (κ1) is 21.0. The van der Waals surface area contributed by atoms with Crippen molar-refractivity contribution < 1.29 is 22.4 Å². The summed E-state index contributed by atoms with van der Waals surface area (Å²) >= 11 is 1.19. The minimum Gasteiger partial charge on any atom is -0.464 e. The van der Waals surface area contributed by atoms with Gasteiger partial charge in [0.05, 0.1) is 32.4 Å². The van der Waals surface area contributed by atoms with E-state index in [-0.39, 0.29) is 18.9 Å². The Balaban J connectivity index is 1.39. The second-order valence-corrected chi connectivity index (χ2v) is 10.7. The Bertz CT molecular complexity index is 1170. The average molecular weight is 449 g/mol. The second kappa shape index (κ2) is 8.50. The first-order valence-corrected chi connectivity index (χ1v) is 12.0. The predicted octanol–water partition coefficient (Wildman–Crippen LogP) is 2.99. The van der Waals surface area contributed by atoms with E-state index in [1.807, 2.05) is 26.0 Å². The molecular formula is C21H24N2O5S2. The minimum atomic E-state index is -3.51. The van der Waals surface area contributed by atoms with Crippen LogP contribution in [0.15, 0.2) is 39.2 Å². The summed E-state index contributed by atoms with van der Waals surface area (Å²) in [6.07, 6.45) is 1.84. The number of carbonyl (C=O) groups excluding carboxylic acids is 1. The number of hydrogen-bond donors (Lipinski definition) is 1. The summed E-state index contributed by atoms with van der Waals surface area (Å²) in [5, 5.41) is 3.82. The Morgan fingerprint density at radius 1 is 1.17 bits per heavy atom. The van der Waals surface area contributed by atoms with Crippen molar-refractivity contribution in [2.45, 2.75) is 31.0 Å². The fourth-order valence-corrected chi connectivity index (χ4v) is 6.31. The molecule has 7 nitrogen and oxygen atoms in total. The lowest BCUT2D eigenvalue weighted by Crippen LogP contribution is -2.40. The Kier molecular flexibility index (Phi) is 5.97. The third-order valence-electron chi connectivity index (χ3n) is 5.35. The highest BCUT2D eigenvalue weighted by Gasteiger charge is 2.27. The number of carbonyl (C=O) groups is 1. The number of thiophene rings is 1. The minimum absolute atomic E-state index is 0.137. The van der Waals surface area contributed by atoms with Crippen molar-refractivity contribution in [3.8, 4) is 0 Å². The van der Waals surface area contributed by atoms with Crippen LogP contribution in [0, 0.1) is 13.8 Å². The van der Waals surface area contributed by atoms with Gasteiger partial charge in [-0.1, -0.05) is 12.1 Å². The maximum Gasteiger partial charge on any atom is 0.252 e. The van der Waals surface area contributed by atoms with Crippen molar-refractivity contribution in [1.82, 2.24) is 9.62 Å². The first-order valence-electron chi connectivity index (χ1n) is 9.76. The first-order chi connectivity index (χ1) is 14.4. The molecule has 0 bridgehead atoms. The smallest absolute Gasteiger partial charge is 0.252 e. The summed E-state index contributed by atoms with van der Waals surface area (Å²) in [7, 11) is -3.51. The van der Waals surface area contributed by atoms with Gasteiger partial charge >= 0.3 is 0 Å². The van der Waals surface area contributed by atoms with Crippen LogP contribution in [0.1, 0.15) is 21.6 Å². The van der Waals surface area contributed by atoms with Crippen LogP contribution < -0.4 is 5.32 Å². The molecule has 2 aromatic heterocycles. The summed E-state index contributed by atoms with van der Waals surface area (Å²) in [5.74, 6) is -0.137. The Morgan fingerprint density at radius 2 is 1.93 bits per heavy atom. The number of furan rings is 1. The number of sulfonamides is 1. The second-order valence-electron chi connectivity index (χ2n) is 7.34. The molecule has 1 amide bonds. The number of ether oxygens (including phenoxy) is 1. The highest BCUT2D eigenvalue weighted by Crippen LogP contribution is 2.27. The van der Waals surface area contributed by atoms with Crippen molar-refractivity contribution in [3.05, 3.63) is 52.1 Å². The number of aryl methyl sites for hydroxylation is 2. The zero-order valence-corrected chi connectivity index (χ0v) is 18.6. The quantitative estimate of drug-likeness (QED) is 0.626. The molecule has 3 heterocycles. The number of nitrogens with zero attached hydrogens (tertiary/aromatic N) is 1. The zero-order valence-electron chi connectivity index (χ0n) is 16.9. The van der Waals surface area contributed by atoms with Crippen LogP contribution in [0.2, 0.25) is 0 Å². The van der Waals surface area contributed by atoms with E-state index in [1.54, 1.807) is 18.4 Å². The lowest BCUT2D eigenvalue weighted by Gasteiger charge is -2.25. The molecule has 0 atom stereocenters. The third-order valence-corrected chi connectivity index (χ3v) is 8.80. The van der Waals surface area contributed by atoms with Gasteiger partial charge in [-0.15, -0.1) is 11.3 Å². The Labute approximate surface area is 179 Å². The molecule has 0 saturated carbocycles. The normalized spacial score (nSPS) is 15.5. The highest BCUT2D eigenvalue weighted by molar-refractivity contribution is 7.91. The molecular weight excluding hydrogens is 424 g/mol. The van der Waals surface area contributed by atoms with Gasteiger partial charge in [0.25, 0.3) is 10.0 Å². The molecule has 30 heavy (non-hydrogen) atoms. The number of nitrogens with one attached hydrogen (secondary N) is 1. The summed E-state index contributed by atoms with van der Waals surface area (Å²) in [6.45, 7) is 5.87. The van der Waals surface area contributed by atoms with E-state index in [0.717, 1.165) is 32.5 Å². The van der Waals surface area contributed by atoms with Crippen LogP contribution in [0.4, 0.5) is 0 Å². The van der Waals surface area contributed by atoms with Crippen LogP contribution in [-0.4, -0.2) is 44.9 Å². The van der Waals surface area contributed by atoms with Crippen LogP contribution in [0.5, 0.6) is 0 Å². The number of morpholine rings is 1. The molecule has 160 valence electrons. The average Bonchev–Trinajstić information content (AvgIpc) is 3.38. The molecule has 0 radical (unpaired) electrons. The van der Waals surface area contributed by atoms with Gasteiger partial charge in [0, 0.05) is 28.9 Å². The molecule has 3 aromatic rings. The molecule has 0 unspecified atom stereocenters. The van der Waals surface area contributed by atoms with Crippen LogP contribution >= 0.6 is 11.3 Å². The van der Waals surface area contributed by atoms with E-state index < -0.39 is 10.0 Å². The SMILES string of the molecule is Cc1ccc2c(CC(=O)NCc3ccc(S(=O)(=O)N4CCOCC4)s3)coc2c1C. The largest absolute Gasteiger partial charge is 0.464 e. The Hall–Kier alpha value is -2.20. The summed E-state index contributed by atoms with van der Waals surface area (Å²) in [4.78, 5) is 13.2. The number of fused-ring (bicyclic) bond motifs is 1. The summed E-state index contributed by atoms with van der Waals surface area (Å²) < 4.78 is 38.0. The van der Waals surface area contributed by atoms with Gasteiger partial charge in [0.15, 0.2) is 0 Å². The molecule has 4 rings (SSSR count). The third kappa shape index (κ3) is 4.15. The van der Waals surface area contributed by atoms with Gasteiger partial charge in [0.2, 0.25) is 5.91 Å². The fourth-order valence-electron chi connectivity index (χ4n) is 3.45. The van der Waals surface area contributed by atoms with Crippen LogP contribution in [0.3, 0.4) is 0 Å². The molecule has 1 fully saturated rings. The zero-order chi connectivity index (χ0) is 21.3. The van der Waals surface area contributed by atoms with E-state index in [2.05, 4.69) is 5.32 Å². The summed E-state index contributed by atoms with van der Waals surface area (Å²) in [5.41, 5.74) is 3.88. The van der Waals surface area contributed by atoms with Crippen molar-refractivity contribution in [3.63, 3.8) is 0 Å². The van der Waals surface area contributed by atoms with Crippen molar-refractivity contribution >= 4 is 38.2 Å². The molecule has 0 aliphatic carbocycles. The van der Waals surface area contributed by atoms with E-state index in [1.165, 1.54) is 15.6 Å². The standard InChI is InChI=1S/C21H24N2O5S2/c1-14-3-5-18-16(13-28-21(18)15(14)2)11-19(24)22-12-17-4-6-20(29-17)30(25,26)23-7-9-27-10-8-23/h3-6,13H,7-12H2,1-2H3,(H,22,24). The van der Waals surface area contributed by atoms with E-state index in [9.17, 15) is 13.2 Å². The van der Waals surface area contributed by atoms with Crippen molar-refractivity contribution in [2.24, 2.45) is 0 Å². The van der Waals surface area contributed by atoms with Gasteiger partial charge in [-0.3, -0.25) is 4.79 Å². The maximum atomic E-state index is 12.7. The number of amides is 1. The number of benzene rings is 1. The van der Waals surface area contributed by atoms with Gasteiger partial charge in [-0.05, 0) is 37.1 Å². The number of hydrogen-bond acceptors (Lipinski definition) is 6. The molecule has 1 aliphatic heterocycles. The molecule has 1 aromatic carbocycles. The molecule has 1 aliphatic rings. The van der Waals surface area contributed by atoms with E-state index in [0.29, 0.717) is 30.5 Å². The Morgan fingerprint density at radius 3 is 2.70 bits per heavy atom. The lowest BCUT2D eigenvalue weighted by atomic mass is 10.0. The molecule has 1 saturated heterocycles. The van der Waals surface area contributed by atoms with E-state index in [4.69, 9.17) is 9.15 Å². The fraction of sp³-hybridized carbons (Fsp3) is 0.381. The van der Waals surface area contributed by atoms with Gasteiger partial charge in [-0.25, -0.2) is 8.42 Å². The highest BCUT2D eigenvalue weighted by atomic mass is 32.2. The van der Waals surface area contributed by atoms with Gasteiger partial charge in [0.1, 0.15) is 9.79 Å². The number of rotatable bonds is 6. The van der Waals surface area contributed by atoms with Crippen molar-refractivity contribution in [1.29, 1.82) is 0 Å². The molecule has 1 N–H and O–H groups in total. The predicted molar refractivity (Wildman–Crippen MR) is 115 cm³/mol. The monoisotopic (exact) mass is 448 g/mol. The van der Waals surface area contributed by atoms with Gasteiger partial charge in [-0.2, -0.15) is 4.31 Å². The van der Waals surface area contributed by atoms with Crippen LogP contribution in [0.25, 0.3) is 11.0 Å². The van der Waals surface area contributed by atoms with Gasteiger partial charge < -0.3 is 14.5 Å². The topological polar surface area (TPSA) is 88.9 Å². The van der Waals surface area contributed by atoms with E-state index >= 15 is 0 Å². The van der Waals surface area contributed by atoms with Crippen LogP contribution in [-0.2, 0) is 32.5 Å². The lowest BCUT2D eigenvalue weighted by molar-refractivity contribution is -0.120. The van der Waals surface area contributed by atoms with Crippen molar-refractivity contribution in [2.75, 3.05) is 26.3 Å². The molecule has 0 spiro atoms.